The summed E-state index contributed by atoms with van der Waals surface area (Å²) in [6.07, 6.45) is 9.93. The molecule has 0 spiro atoms. The maximum Gasteiger partial charge on any atom is -0.00956 e. The summed E-state index contributed by atoms with van der Waals surface area (Å²) < 4.78 is 0. The lowest BCUT2D eigenvalue weighted by Crippen LogP contribution is -2.18. The summed E-state index contributed by atoms with van der Waals surface area (Å²) in [5.41, 5.74) is 4.31. The molecule has 0 nitrogen and oxygen atoms in total. The van der Waals surface area contributed by atoms with E-state index in [0.29, 0.717) is 10.8 Å². The van der Waals surface area contributed by atoms with Gasteiger partial charge in [-0.1, -0.05) is 45.4 Å². The predicted octanol–water partition coefficient (Wildman–Crippen LogP) is 4.48. The molecular weight excluding hydrogens is 168 g/mol. The molecule has 0 fully saturated rings. The Morgan fingerprint density at radius 2 is 2.00 bits per heavy atom. The topological polar surface area (TPSA) is 0 Å². The van der Waals surface area contributed by atoms with Crippen LogP contribution in [0.15, 0.2) is 23.3 Å². The van der Waals surface area contributed by atoms with Gasteiger partial charge in [-0.3, -0.25) is 0 Å². The molecule has 2 rings (SSSR count). The number of allylic oxidation sites excluding steroid dienone is 4. The maximum atomic E-state index is 2.45. The molecule has 0 heterocycles. The van der Waals surface area contributed by atoms with Crippen LogP contribution in [-0.4, -0.2) is 0 Å². The van der Waals surface area contributed by atoms with Gasteiger partial charge >= 0.3 is 0 Å². The third-order valence-corrected chi connectivity index (χ3v) is 4.24. The van der Waals surface area contributed by atoms with Crippen molar-refractivity contribution in [1.82, 2.24) is 0 Å². The summed E-state index contributed by atoms with van der Waals surface area (Å²) in [6, 6.07) is 0. The van der Waals surface area contributed by atoms with E-state index >= 15 is 0 Å². The first kappa shape index (κ1) is 10.0. The van der Waals surface area contributed by atoms with Gasteiger partial charge in [-0.05, 0) is 42.1 Å². The highest BCUT2D eigenvalue weighted by molar-refractivity contribution is 5.42. The Bertz CT molecular complexity index is 304. The fraction of sp³-hybridized carbons (Fsp3) is 0.714. The van der Waals surface area contributed by atoms with Crippen LogP contribution in [0.1, 0.15) is 53.4 Å². The van der Waals surface area contributed by atoms with Crippen molar-refractivity contribution >= 4 is 0 Å². The van der Waals surface area contributed by atoms with E-state index in [1.807, 2.05) is 0 Å². The first-order valence-corrected chi connectivity index (χ1v) is 5.90. The molecule has 0 aromatic rings. The van der Waals surface area contributed by atoms with Crippen LogP contribution in [0.4, 0.5) is 0 Å². The predicted molar refractivity (Wildman–Crippen MR) is 62.2 cm³/mol. The van der Waals surface area contributed by atoms with Crippen molar-refractivity contribution in [2.45, 2.75) is 53.4 Å². The van der Waals surface area contributed by atoms with Gasteiger partial charge in [-0.15, -0.1) is 0 Å². The Morgan fingerprint density at radius 3 is 2.64 bits per heavy atom. The lowest BCUT2D eigenvalue weighted by Gasteiger charge is -2.28. The van der Waals surface area contributed by atoms with Crippen molar-refractivity contribution in [3.05, 3.63) is 23.3 Å². The standard InChI is InChI=1S/C14H22/c1-5-14(4)10-13(2,3)11-8-6-7-9-12(11)14/h6,8H,5,7,9-10H2,1-4H3. The molecule has 0 saturated heterocycles. The van der Waals surface area contributed by atoms with Gasteiger partial charge in [0.2, 0.25) is 0 Å². The lowest BCUT2D eigenvalue weighted by molar-refractivity contribution is 0.283. The molecule has 0 aliphatic heterocycles. The quantitative estimate of drug-likeness (QED) is 0.572. The molecular formula is C14H22. The molecule has 1 unspecified atom stereocenters. The fourth-order valence-corrected chi connectivity index (χ4v) is 3.44. The molecule has 0 bridgehead atoms. The Hall–Kier alpha value is -0.520. The third kappa shape index (κ3) is 1.27. The fourth-order valence-electron chi connectivity index (χ4n) is 3.44. The van der Waals surface area contributed by atoms with Gasteiger partial charge in [-0.25, -0.2) is 0 Å². The summed E-state index contributed by atoms with van der Waals surface area (Å²) in [5, 5.41) is 0. The van der Waals surface area contributed by atoms with Crippen molar-refractivity contribution in [2.24, 2.45) is 10.8 Å². The Labute approximate surface area is 88.1 Å². The SMILES string of the molecule is CCC1(C)CC(C)(C)C2=C1CCC=C2. The second kappa shape index (κ2) is 2.98. The minimum absolute atomic E-state index is 0.414. The minimum atomic E-state index is 0.414. The largest absolute Gasteiger partial charge is 0.0839 e. The molecule has 1 atom stereocenters. The first-order chi connectivity index (χ1) is 6.49. The maximum absolute atomic E-state index is 2.45. The van der Waals surface area contributed by atoms with E-state index in [1.165, 1.54) is 25.7 Å². The highest BCUT2D eigenvalue weighted by Crippen LogP contribution is 2.57. The molecule has 0 N–H and O–H groups in total. The van der Waals surface area contributed by atoms with Gasteiger partial charge in [0.1, 0.15) is 0 Å². The van der Waals surface area contributed by atoms with E-state index in [-0.39, 0.29) is 0 Å². The highest BCUT2D eigenvalue weighted by atomic mass is 14.5. The molecule has 2 aliphatic rings. The number of hydrogen-bond acceptors (Lipinski definition) is 0. The van der Waals surface area contributed by atoms with Crippen molar-refractivity contribution in [3.8, 4) is 0 Å². The lowest BCUT2D eigenvalue weighted by atomic mass is 9.76. The van der Waals surface area contributed by atoms with Gasteiger partial charge in [0.05, 0.1) is 0 Å². The van der Waals surface area contributed by atoms with E-state index < -0.39 is 0 Å². The zero-order chi connectivity index (χ0) is 10.4. The molecule has 0 saturated carbocycles. The zero-order valence-electron chi connectivity index (χ0n) is 9.98. The van der Waals surface area contributed by atoms with Crippen molar-refractivity contribution in [2.75, 3.05) is 0 Å². The highest BCUT2D eigenvalue weighted by Gasteiger charge is 2.44. The van der Waals surface area contributed by atoms with Crippen molar-refractivity contribution < 1.29 is 0 Å². The molecule has 2 aliphatic carbocycles. The second-order valence-electron chi connectivity index (χ2n) is 5.81. The van der Waals surface area contributed by atoms with Gasteiger partial charge in [0, 0.05) is 0 Å². The molecule has 0 radical (unpaired) electrons. The number of rotatable bonds is 1. The van der Waals surface area contributed by atoms with Crippen LogP contribution >= 0.6 is 0 Å². The second-order valence-corrected chi connectivity index (χ2v) is 5.81. The Balaban J connectivity index is 2.47. The van der Waals surface area contributed by atoms with Gasteiger partial charge < -0.3 is 0 Å². The molecule has 0 amide bonds. The van der Waals surface area contributed by atoms with Crippen molar-refractivity contribution in [3.63, 3.8) is 0 Å². The Kier molecular flexibility index (Phi) is 2.13. The average molecular weight is 190 g/mol. The van der Waals surface area contributed by atoms with Crippen LogP contribution < -0.4 is 0 Å². The number of hydrogen-bond donors (Lipinski definition) is 0. The first-order valence-electron chi connectivity index (χ1n) is 5.90. The summed E-state index contributed by atoms with van der Waals surface area (Å²) in [5.74, 6) is 0. The molecule has 0 aromatic carbocycles. The van der Waals surface area contributed by atoms with Crippen LogP contribution in [0.25, 0.3) is 0 Å². The van der Waals surface area contributed by atoms with Crippen molar-refractivity contribution in [1.29, 1.82) is 0 Å². The monoisotopic (exact) mass is 190 g/mol. The summed E-state index contributed by atoms with van der Waals surface area (Å²) in [7, 11) is 0. The van der Waals surface area contributed by atoms with E-state index in [9.17, 15) is 0 Å². The van der Waals surface area contributed by atoms with Gasteiger partial charge in [0.25, 0.3) is 0 Å². The molecule has 0 heteroatoms. The van der Waals surface area contributed by atoms with Crippen LogP contribution in [0.5, 0.6) is 0 Å². The van der Waals surface area contributed by atoms with E-state index in [0.717, 1.165) is 0 Å². The van der Waals surface area contributed by atoms with Crippen LogP contribution in [0.2, 0.25) is 0 Å². The summed E-state index contributed by atoms with van der Waals surface area (Å²) in [4.78, 5) is 0. The van der Waals surface area contributed by atoms with Crippen LogP contribution in [0, 0.1) is 10.8 Å². The molecule has 0 aromatic heterocycles. The smallest absolute Gasteiger partial charge is 0.00956 e. The van der Waals surface area contributed by atoms with E-state index in [2.05, 4.69) is 39.8 Å². The molecule has 14 heavy (non-hydrogen) atoms. The summed E-state index contributed by atoms with van der Waals surface area (Å²) in [6.45, 7) is 9.60. The third-order valence-electron chi connectivity index (χ3n) is 4.24. The summed E-state index contributed by atoms with van der Waals surface area (Å²) >= 11 is 0. The van der Waals surface area contributed by atoms with Crippen LogP contribution in [-0.2, 0) is 0 Å². The zero-order valence-corrected chi connectivity index (χ0v) is 9.98. The van der Waals surface area contributed by atoms with Gasteiger partial charge in [0.15, 0.2) is 0 Å². The van der Waals surface area contributed by atoms with E-state index in [4.69, 9.17) is 0 Å². The Morgan fingerprint density at radius 1 is 1.29 bits per heavy atom. The molecule has 78 valence electrons. The van der Waals surface area contributed by atoms with Gasteiger partial charge in [-0.2, -0.15) is 0 Å². The average Bonchev–Trinajstić information content (AvgIpc) is 2.37. The minimum Gasteiger partial charge on any atom is -0.0839 e. The van der Waals surface area contributed by atoms with E-state index in [1.54, 1.807) is 11.1 Å². The van der Waals surface area contributed by atoms with Crippen LogP contribution in [0.3, 0.4) is 0 Å². The normalized spacial score (nSPS) is 34.9.